The third-order valence-electron chi connectivity index (χ3n) is 1.38. The lowest BCUT2D eigenvalue weighted by Crippen LogP contribution is -1.98. The molecular formula is C7H6ClN5S2. The molecule has 0 aliphatic rings. The van der Waals surface area contributed by atoms with Crippen molar-refractivity contribution < 1.29 is 0 Å². The first-order valence-electron chi connectivity index (χ1n) is 3.82. The predicted molar refractivity (Wildman–Crippen MR) is 62.1 cm³/mol. The van der Waals surface area contributed by atoms with Gasteiger partial charge >= 0.3 is 0 Å². The SMILES string of the molecule is Nc1cc(N)nc(Sc2nc(Cl)cs2)n1. The Morgan fingerprint density at radius 2 is 1.87 bits per heavy atom. The lowest BCUT2D eigenvalue weighted by molar-refractivity contribution is 0.982. The quantitative estimate of drug-likeness (QED) is 0.801. The molecule has 2 aromatic heterocycles. The van der Waals surface area contributed by atoms with Crippen molar-refractivity contribution in [2.75, 3.05) is 11.5 Å². The Labute approximate surface area is 98.9 Å². The zero-order valence-electron chi connectivity index (χ0n) is 7.35. The highest BCUT2D eigenvalue weighted by atomic mass is 35.5. The minimum absolute atomic E-state index is 0.340. The van der Waals surface area contributed by atoms with E-state index in [1.807, 2.05) is 0 Å². The third kappa shape index (κ3) is 2.71. The number of thiazole rings is 1. The number of hydrogen-bond acceptors (Lipinski definition) is 7. The number of aromatic nitrogens is 3. The molecule has 0 unspecified atom stereocenters. The van der Waals surface area contributed by atoms with Gasteiger partial charge in [-0.1, -0.05) is 11.6 Å². The molecule has 2 aromatic rings. The molecule has 0 spiro atoms. The van der Waals surface area contributed by atoms with E-state index >= 15 is 0 Å². The van der Waals surface area contributed by atoms with E-state index in [1.165, 1.54) is 29.2 Å². The van der Waals surface area contributed by atoms with Gasteiger partial charge in [-0.05, 0) is 11.8 Å². The van der Waals surface area contributed by atoms with Crippen molar-refractivity contribution in [3.63, 3.8) is 0 Å². The summed E-state index contributed by atoms with van der Waals surface area (Å²) in [6, 6.07) is 1.50. The number of halogens is 1. The molecule has 5 nitrogen and oxygen atoms in total. The molecule has 0 aliphatic carbocycles. The number of anilines is 2. The number of nitrogens with two attached hydrogens (primary N) is 2. The zero-order chi connectivity index (χ0) is 10.8. The third-order valence-corrected chi connectivity index (χ3v) is 3.51. The molecule has 4 N–H and O–H groups in total. The van der Waals surface area contributed by atoms with Crippen molar-refractivity contribution in [1.82, 2.24) is 15.0 Å². The van der Waals surface area contributed by atoms with E-state index in [0.29, 0.717) is 21.9 Å². The number of nitrogen functional groups attached to an aromatic ring is 2. The average Bonchev–Trinajstić information content (AvgIpc) is 2.49. The summed E-state index contributed by atoms with van der Waals surface area (Å²) in [5.41, 5.74) is 11.1. The highest BCUT2D eigenvalue weighted by Gasteiger charge is 2.06. The van der Waals surface area contributed by atoms with Crippen LogP contribution in [-0.4, -0.2) is 15.0 Å². The van der Waals surface area contributed by atoms with Gasteiger partial charge < -0.3 is 11.5 Å². The highest BCUT2D eigenvalue weighted by molar-refractivity contribution is 8.00. The van der Waals surface area contributed by atoms with Gasteiger partial charge in [0.1, 0.15) is 16.8 Å². The largest absolute Gasteiger partial charge is 0.383 e. The summed E-state index contributed by atoms with van der Waals surface area (Å²) in [5.74, 6) is 0.681. The monoisotopic (exact) mass is 259 g/mol. The maximum absolute atomic E-state index is 5.68. The Bertz CT molecular complexity index is 466. The van der Waals surface area contributed by atoms with Crippen LogP contribution in [0.2, 0.25) is 5.15 Å². The van der Waals surface area contributed by atoms with Crippen LogP contribution in [0.15, 0.2) is 20.9 Å². The standard InChI is InChI=1S/C7H6ClN5S2/c8-3-2-14-7(11-3)15-6-12-4(9)1-5(10)13-6/h1-2H,(H4,9,10,12,13). The molecule has 78 valence electrons. The molecule has 0 saturated carbocycles. The second kappa shape index (κ2) is 4.21. The van der Waals surface area contributed by atoms with Crippen LogP contribution in [0.1, 0.15) is 0 Å². The van der Waals surface area contributed by atoms with Crippen molar-refractivity contribution in [2.24, 2.45) is 0 Å². The van der Waals surface area contributed by atoms with Gasteiger partial charge in [0, 0.05) is 11.4 Å². The molecule has 15 heavy (non-hydrogen) atoms. The van der Waals surface area contributed by atoms with Gasteiger partial charge in [-0.15, -0.1) is 11.3 Å². The molecule has 0 saturated heterocycles. The van der Waals surface area contributed by atoms with Crippen LogP contribution in [-0.2, 0) is 0 Å². The first-order valence-corrected chi connectivity index (χ1v) is 5.90. The fourth-order valence-electron chi connectivity index (χ4n) is 0.872. The van der Waals surface area contributed by atoms with Gasteiger partial charge in [0.25, 0.3) is 0 Å². The van der Waals surface area contributed by atoms with Crippen LogP contribution >= 0.6 is 34.7 Å². The van der Waals surface area contributed by atoms with E-state index in [-0.39, 0.29) is 0 Å². The zero-order valence-corrected chi connectivity index (χ0v) is 9.73. The molecule has 2 rings (SSSR count). The van der Waals surface area contributed by atoms with Gasteiger partial charge in [-0.2, -0.15) is 0 Å². The molecule has 0 amide bonds. The molecule has 2 heterocycles. The molecular weight excluding hydrogens is 254 g/mol. The van der Waals surface area contributed by atoms with E-state index in [4.69, 9.17) is 23.1 Å². The Morgan fingerprint density at radius 1 is 1.20 bits per heavy atom. The molecule has 0 fully saturated rings. The topological polar surface area (TPSA) is 90.7 Å². The summed E-state index contributed by atoms with van der Waals surface area (Å²) in [5, 5.41) is 2.66. The van der Waals surface area contributed by atoms with Crippen molar-refractivity contribution >= 4 is 46.3 Å². The first kappa shape index (κ1) is 10.5. The average molecular weight is 260 g/mol. The first-order chi connectivity index (χ1) is 7.13. The minimum atomic E-state index is 0.340. The fourth-order valence-corrected chi connectivity index (χ4v) is 2.75. The Hall–Kier alpha value is -1.05. The maximum Gasteiger partial charge on any atom is 0.198 e. The van der Waals surface area contributed by atoms with E-state index < -0.39 is 0 Å². The lowest BCUT2D eigenvalue weighted by Gasteiger charge is -1.99. The normalized spacial score (nSPS) is 10.5. The predicted octanol–water partition coefficient (Wildman–Crippen LogP) is 1.90. The number of hydrogen-bond donors (Lipinski definition) is 2. The summed E-state index contributed by atoms with van der Waals surface area (Å²) >= 11 is 8.38. The van der Waals surface area contributed by atoms with Crippen molar-refractivity contribution in [1.29, 1.82) is 0 Å². The summed E-state index contributed by atoms with van der Waals surface area (Å²) in [7, 11) is 0. The van der Waals surface area contributed by atoms with Crippen molar-refractivity contribution in [3.05, 3.63) is 16.6 Å². The molecule has 0 bridgehead atoms. The smallest absolute Gasteiger partial charge is 0.198 e. The Morgan fingerprint density at radius 3 is 2.40 bits per heavy atom. The summed E-state index contributed by atoms with van der Waals surface area (Å²) in [6.45, 7) is 0. The molecule has 0 atom stereocenters. The lowest BCUT2D eigenvalue weighted by atomic mass is 10.5. The van der Waals surface area contributed by atoms with Crippen LogP contribution in [0.25, 0.3) is 0 Å². The van der Waals surface area contributed by atoms with Crippen molar-refractivity contribution in [3.8, 4) is 0 Å². The highest BCUT2D eigenvalue weighted by Crippen LogP contribution is 2.29. The van der Waals surface area contributed by atoms with Crippen LogP contribution in [0.5, 0.6) is 0 Å². The van der Waals surface area contributed by atoms with Crippen LogP contribution in [0, 0.1) is 0 Å². The minimum Gasteiger partial charge on any atom is -0.383 e. The van der Waals surface area contributed by atoms with E-state index in [2.05, 4.69) is 15.0 Å². The second-order valence-corrected chi connectivity index (χ2v) is 5.00. The second-order valence-electron chi connectivity index (χ2n) is 2.54. The summed E-state index contributed by atoms with van der Waals surface area (Å²) < 4.78 is 0.755. The number of nitrogens with zero attached hydrogens (tertiary/aromatic N) is 3. The Balaban J connectivity index is 2.24. The fraction of sp³-hybridized carbons (Fsp3) is 0. The van der Waals surface area contributed by atoms with E-state index in [0.717, 1.165) is 4.34 Å². The van der Waals surface area contributed by atoms with Crippen LogP contribution in [0.3, 0.4) is 0 Å². The molecule has 0 aromatic carbocycles. The van der Waals surface area contributed by atoms with Crippen LogP contribution < -0.4 is 11.5 Å². The molecule has 0 aliphatic heterocycles. The van der Waals surface area contributed by atoms with Gasteiger partial charge in [-0.25, -0.2) is 15.0 Å². The van der Waals surface area contributed by atoms with Crippen molar-refractivity contribution in [2.45, 2.75) is 9.50 Å². The number of rotatable bonds is 2. The summed E-state index contributed by atoms with van der Waals surface area (Å²) in [4.78, 5) is 12.1. The summed E-state index contributed by atoms with van der Waals surface area (Å²) in [6.07, 6.45) is 0. The van der Waals surface area contributed by atoms with Gasteiger partial charge in [0.05, 0.1) is 0 Å². The van der Waals surface area contributed by atoms with Crippen LogP contribution in [0.4, 0.5) is 11.6 Å². The van der Waals surface area contributed by atoms with Gasteiger partial charge in [0.2, 0.25) is 0 Å². The van der Waals surface area contributed by atoms with Gasteiger partial charge in [0.15, 0.2) is 9.50 Å². The Kier molecular flexibility index (Phi) is 2.94. The van der Waals surface area contributed by atoms with E-state index in [1.54, 1.807) is 5.38 Å². The van der Waals surface area contributed by atoms with Gasteiger partial charge in [-0.3, -0.25) is 0 Å². The molecule has 8 heteroatoms. The molecule has 0 radical (unpaired) electrons. The van der Waals surface area contributed by atoms with E-state index in [9.17, 15) is 0 Å². The maximum atomic E-state index is 5.68.